The molecule has 0 spiro atoms. The maximum atomic E-state index is 11.9. The molecule has 1 aromatic carbocycles. The molecule has 0 atom stereocenters. The van der Waals surface area contributed by atoms with Crippen LogP contribution in [0.2, 0.25) is 0 Å². The van der Waals surface area contributed by atoms with Gasteiger partial charge >= 0.3 is 0 Å². The smallest absolute Gasteiger partial charge is 0.233 e. The van der Waals surface area contributed by atoms with Crippen LogP contribution in [0.4, 0.5) is 5.69 Å². The van der Waals surface area contributed by atoms with Gasteiger partial charge in [0.1, 0.15) is 6.42 Å². The van der Waals surface area contributed by atoms with E-state index in [1.165, 1.54) is 24.0 Å². The minimum absolute atomic E-state index is 0.134. The Morgan fingerprint density at radius 1 is 1.08 bits per heavy atom. The highest BCUT2D eigenvalue weighted by molar-refractivity contribution is 6.03. The molecule has 0 unspecified atom stereocenters. The average molecular weight is 328 g/mol. The molecule has 4 nitrogen and oxygen atoms in total. The Morgan fingerprint density at radius 3 is 2.46 bits per heavy atom. The van der Waals surface area contributed by atoms with Crippen molar-refractivity contribution >= 4 is 17.5 Å². The van der Waals surface area contributed by atoms with E-state index in [0.29, 0.717) is 12.5 Å². The summed E-state index contributed by atoms with van der Waals surface area (Å²) in [5.74, 6) is -0.0378. The van der Waals surface area contributed by atoms with Crippen molar-refractivity contribution < 1.29 is 9.59 Å². The monoisotopic (exact) mass is 328 g/mol. The molecule has 130 valence electrons. The summed E-state index contributed by atoms with van der Waals surface area (Å²) in [6, 6.07) is 7.75. The van der Waals surface area contributed by atoms with Crippen LogP contribution in [0.3, 0.4) is 0 Å². The minimum Gasteiger partial charge on any atom is -0.355 e. The van der Waals surface area contributed by atoms with Gasteiger partial charge in [-0.05, 0) is 55.7 Å². The first-order chi connectivity index (χ1) is 11.5. The van der Waals surface area contributed by atoms with E-state index in [1.54, 1.807) is 0 Å². The van der Waals surface area contributed by atoms with Crippen LogP contribution in [0.25, 0.3) is 0 Å². The maximum absolute atomic E-state index is 11.9. The molecule has 4 heteroatoms. The lowest BCUT2D eigenvalue weighted by Crippen LogP contribution is -2.29. The van der Waals surface area contributed by atoms with Gasteiger partial charge in [-0.25, -0.2) is 0 Å². The van der Waals surface area contributed by atoms with Gasteiger partial charge in [0.15, 0.2) is 0 Å². The van der Waals surface area contributed by atoms with Crippen molar-refractivity contribution in [2.24, 2.45) is 0 Å². The Morgan fingerprint density at radius 2 is 1.83 bits per heavy atom. The molecule has 24 heavy (non-hydrogen) atoms. The summed E-state index contributed by atoms with van der Waals surface area (Å²) in [6.07, 6.45) is 7.86. The second-order valence-corrected chi connectivity index (χ2v) is 6.71. The van der Waals surface area contributed by atoms with E-state index in [0.717, 1.165) is 24.9 Å². The molecule has 1 aliphatic carbocycles. The van der Waals surface area contributed by atoms with Crippen molar-refractivity contribution in [3.63, 3.8) is 0 Å². The standard InChI is InChI=1S/C20H28N2O2/c1-15(2)17-8-10-18(11-9-17)22-20(24)14-19(23)21-13-12-16-6-4-3-5-7-16/h6,8-11,15H,3-5,7,12-14H2,1-2H3,(H,21,23)(H,22,24). The normalized spacial score (nSPS) is 14.2. The van der Waals surface area contributed by atoms with Gasteiger partial charge in [0.05, 0.1) is 0 Å². The average Bonchev–Trinajstić information content (AvgIpc) is 2.56. The lowest BCUT2D eigenvalue weighted by atomic mass is 9.97. The molecule has 1 aliphatic rings. The van der Waals surface area contributed by atoms with Crippen molar-refractivity contribution in [3.8, 4) is 0 Å². The minimum atomic E-state index is -0.276. The number of rotatable bonds is 7. The molecule has 0 aliphatic heterocycles. The SMILES string of the molecule is CC(C)c1ccc(NC(=O)CC(=O)NCCC2=CCCCC2)cc1. The summed E-state index contributed by atoms with van der Waals surface area (Å²) in [6.45, 7) is 4.86. The predicted molar refractivity (Wildman–Crippen MR) is 98.0 cm³/mol. The van der Waals surface area contributed by atoms with Crippen LogP contribution < -0.4 is 10.6 Å². The number of amides is 2. The fraction of sp³-hybridized carbons (Fsp3) is 0.500. The number of anilines is 1. The zero-order valence-electron chi connectivity index (χ0n) is 14.7. The molecule has 0 heterocycles. The number of hydrogen-bond donors (Lipinski definition) is 2. The van der Waals surface area contributed by atoms with E-state index in [-0.39, 0.29) is 18.2 Å². The molecular formula is C20H28N2O2. The zero-order chi connectivity index (χ0) is 17.4. The van der Waals surface area contributed by atoms with Crippen LogP contribution in [0.15, 0.2) is 35.9 Å². The Kier molecular flexibility index (Phi) is 7.04. The summed E-state index contributed by atoms with van der Waals surface area (Å²) < 4.78 is 0. The molecule has 0 aromatic heterocycles. The number of hydrogen-bond acceptors (Lipinski definition) is 2. The van der Waals surface area contributed by atoms with Crippen molar-refractivity contribution in [2.45, 2.75) is 58.3 Å². The lowest BCUT2D eigenvalue weighted by Gasteiger charge is -2.13. The molecule has 0 saturated carbocycles. The summed E-state index contributed by atoms with van der Waals surface area (Å²) >= 11 is 0. The van der Waals surface area contributed by atoms with Crippen molar-refractivity contribution in [2.75, 3.05) is 11.9 Å². The van der Waals surface area contributed by atoms with Gasteiger partial charge in [0.2, 0.25) is 11.8 Å². The molecule has 2 rings (SSSR count). The molecule has 0 radical (unpaired) electrons. The highest BCUT2D eigenvalue weighted by Gasteiger charge is 2.10. The third-order valence-electron chi connectivity index (χ3n) is 4.34. The summed E-state index contributed by atoms with van der Waals surface area (Å²) in [5, 5.41) is 5.60. The van der Waals surface area contributed by atoms with Crippen LogP contribution in [0, 0.1) is 0 Å². The van der Waals surface area contributed by atoms with Crippen LogP contribution in [-0.2, 0) is 9.59 Å². The van der Waals surface area contributed by atoms with E-state index in [9.17, 15) is 9.59 Å². The molecule has 0 saturated heterocycles. The van der Waals surface area contributed by atoms with Gasteiger partial charge in [-0.3, -0.25) is 9.59 Å². The van der Waals surface area contributed by atoms with E-state index < -0.39 is 0 Å². The quantitative estimate of drug-likeness (QED) is 0.583. The van der Waals surface area contributed by atoms with E-state index in [4.69, 9.17) is 0 Å². The maximum Gasteiger partial charge on any atom is 0.233 e. The van der Waals surface area contributed by atoms with Gasteiger partial charge in [0.25, 0.3) is 0 Å². The first kappa shape index (κ1) is 18.2. The fourth-order valence-electron chi connectivity index (χ4n) is 2.86. The number of benzene rings is 1. The van der Waals surface area contributed by atoms with Gasteiger partial charge in [-0.1, -0.05) is 37.6 Å². The van der Waals surface area contributed by atoms with Gasteiger partial charge < -0.3 is 10.6 Å². The predicted octanol–water partition coefficient (Wildman–Crippen LogP) is 4.15. The Labute approximate surface area is 144 Å². The first-order valence-corrected chi connectivity index (χ1v) is 8.89. The van der Waals surface area contributed by atoms with Crippen LogP contribution in [-0.4, -0.2) is 18.4 Å². The number of carbonyl (C=O) groups is 2. The molecular weight excluding hydrogens is 300 g/mol. The van der Waals surface area contributed by atoms with Crippen LogP contribution in [0.1, 0.15) is 63.9 Å². The number of carbonyl (C=O) groups excluding carboxylic acids is 2. The lowest BCUT2D eigenvalue weighted by molar-refractivity contribution is -0.126. The second kappa shape index (κ2) is 9.26. The van der Waals surface area contributed by atoms with Crippen molar-refractivity contribution in [1.29, 1.82) is 0 Å². The van der Waals surface area contributed by atoms with Crippen molar-refractivity contribution in [3.05, 3.63) is 41.5 Å². The Balaban J connectivity index is 1.69. The number of allylic oxidation sites excluding steroid dienone is 1. The first-order valence-electron chi connectivity index (χ1n) is 8.89. The molecule has 1 aromatic rings. The Hall–Kier alpha value is -2.10. The van der Waals surface area contributed by atoms with Crippen molar-refractivity contribution in [1.82, 2.24) is 5.32 Å². The highest BCUT2D eigenvalue weighted by atomic mass is 16.2. The van der Waals surface area contributed by atoms with E-state index in [2.05, 4.69) is 30.6 Å². The third kappa shape index (κ3) is 6.19. The van der Waals surface area contributed by atoms with E-state index in [1.807, 2.05) is 24.3 Å². The summed E-state index contributed by atoms with van der Waals surface area (Å²) in [4.78, 5) is 23.8. The largest absolute Gasteiger partial charge is 0.355 e. The molecule has 2 N–H and O–H groups in total. The third-order valence-corrected chi connectivity index (χ3v) is 4.34. The van der Waals surface area contributed by atoms with Crippen LogP contribution >= 0.6 is 0 Å². The fourth-order valence-corrected chi connectivity index (χ4v) is 2.86. The van der Waals surface area contributed by atoms with Crippen LogP contribution in [0.5, 0.6) is 0 Å². The van der Waals surface area contributed by atoms with Gasteiger partial charge in [-0.2, -0.15) is 0 Å². The molecule has 0 bridgehead atoms. The number of nitrogens with one attached hydrogen (secondary N) is 2. The zero-order valence-corrected chi connectivity index (χ0v) is 14.7. The Bertz CT molecular complexity index is 588. The summed E-state index contributed by atoms with van der Waals surface area (Å²) in [7, 11) is 0. The topological polar surface area (TPSA) is 58.2 Å². The van der Waals surface area contributed by atoms with E-state index >= 15 is 0 Å². The highest BCUT2D eigenvalue weighted by Crippen LogP contribution is 2.19. The molecule has 2 amide bonds. The van der Waals surface area contributed by atoms with Gasteiger partial charge in [-0.15, -0.1) is 0 Å². The van der Waals surface area contributed by atoms with Gasteiger partial charge in [0, 0.05) is 12.2 Å². The summed E-state index contributed by atoms with van der Waals surface area (Å²) in [5.41, 5.74) is 3.38. The second-order valence-electron chi connectivity index (χ2n) is 6.71. The molecule has 0 fully saturated rings.